The Balaban J connectivity index is 1.95. The van der Waals surface area contributed by atoms with Crippen LogP contribution in [0.4, 0.5) is 10.8 Å². The maximum atomic E-state index is 12.2. The molecule has 0 aliphatic carbocycles. The minimum atomic E-state index is -0.121. The number of nitrogens with zero attached hydrogens (tertiary/aromatic N) is 3. The molecule has 0 atom stereocenters. The van der Waals surface area contributed by atoms with Gasteiger partial charge in [-0.05, 0) is 18.1 Å². The van der Waals surface area contributed by atoms with E-state index in [-0.39, 0.29) is 5.91 Å². The summed E-state index contributed by atoms with van der Waals surface area (Å²) >= 11 is 1.12. The van der Waals surface area contributed by atoms with E-state index in [9.17, 15) is 4.79 Å². The van der Waals surface area contributed by atoms with Gasteiger partial charge in [-0.25, -0.2) is 0 Å². The van der Waals surface area contributed by atoms with Crippen LogP contribution in [0.15, 0.2) is 24.3 Å². The van der Waals surface area contributed by atoms with Gasteiger partial charge in [0.05, 0.1) is 0 Å². The van der Waals surface area contributed by atoms with Crippen molar-refractivity contribution in [2.24, 2.45) is 0 Å². The first kappa shape index (κ1) is 10.2. The summed E-state index contributed by atoms with van der Waals surface area (Å²) in [6.07, 6.45) is 0.885. The smallest absolute Gasteiger partial charge is 0.289 e. The van der Waals surface area contributed by atoms with E-state index in [0.717, 1.165) is 23.4 Å². The normalized spacial score (nSPS) is 13.8. The van der Waals surface area contributed by atoms with Gasteiger partial charge in [0.15, 0.2) is 0 Å². The third-order valence-corrected chi connectivity index (χ3v) is 3.50. The molecule has 1 amide bonds. The van der Waals surface area contributed by atoms with E-state index in [2.05, 4.69) is 10.2 Å². The number of fused-ring (bicyclic) bond motifs is 1. The fourth-order valence-electron chi connectivity index (χ4n) is 1.99. The van der Waals surface area contributed by atoms with E-state index < -0.39 is 0 Å². The lowest BCUT2D eigenvalue weighted by molar-refractivity contribution is 0.0988. The molecule has 1 aliphatic heterocycles. The lowest BCUT2D eigenvalue weighted by Gasteiger charge is -2.14. The number of rotatable bonds is 1. The molecule has 6 heteroatoms. The van der Waals surface area contributed by atoms with Crippen molar-refractivity contribution < 1.29 is 4.79 Å². The second-order valence-corrected chi connectivity index (χ2v) is 4.79. The van der Waals surface area contributed by atoms with Crippen LogP contribution in [0, 0.1) is 0 Å². The average molecular weight is 246 g/mol. The standard InChI is InChI=1S/C11H10N4OS/c12-11-14-13-9(17-11)10(16)15-6-5-7-3-1-2-4-8(7)15/h1-4H,5-6H2,(H2,12,14). The van der Waals surface area contributed by atoms with E-state index >= 15 is 0 Å². The van der Waals surface area contributed by atoms with Gasteiger partial charge in [-0.2, -0.15) is 0 Å². The molecule has 0 bridgehead atoms. The van der Waals surface area contributed by atoms with Gasteiger partial charge in [0.1, 0.15) is 0 Å². The molecule has 3 rings (SSSR count). The Bertz CT molecular complexity index is 580. The fraction of sp³-hybridized carbons (Fsp3) is 0.182. The third-order valence-electron chi connectivity index (χ3n) is 2.76. The number of carbonyl (C=O) groups is 1. The SMILES string of the molecule is Nc1nnc(C(=O)N2CCc3ccccc32)s1. The van der Waals surface area contributed by atoms with Gasteiger partial charge in [-0.1, -0.05) is 29.5 Å². The van der Waals surface area contributed by atoms with Crippen molar-refractivity contribution in [1.29, 1.82) is 0 Å². The van der Waals surface area contributed by atoms with Gasteiger partial charge in [-0.15, -0.1) is 10.2 Å². The number of nitrogens with two attached hydrogens (primary N) is 1. The van der Waals surface area contributed by atoms with Crippen molar-refractivity contribution in [3.8, 4) is 0 Å². The van der Waals surface area contributed by atoms with Gasteiger partial charge >= 0.3 is 0 Å². The zero-order valence-electron chi connectivity index (χ0n) is 8.96. The molecule has 2 aromatic rings. The number of hydrogen-bond donors (Lipinski definition) is 1. The van der Waals surface area contributed by atoms with E-state index in [1.165, 1.54) is 5.56 Å². The quantitative estimate of drug-likeness (QED) is 0.823. The second-order valence-electron chi connectivity index (χ2n) is 3.78. The van der Waals surface area contributed by atoms with Crippen molar-refractivity contribution in [3.05, 3.63) is 34.8 Å². The molecule has 2 N–H and O–H groups in total. The summed E-state index contributed by atoms with van der Waals surface area (Å²) < 4.78 is 0. The number of nitrogen functional groups attached to an aromatic ring is 1. The molecule has 0 saturated carbocycles. The number of aromatic nitrogens is 2. The predicted octanol–water partition coefficient (Wildman–Crippen LogP) is 1.32. The van der Waals surface area contributed by atoms with Crippen LogP contribution in [0.25, 0.3) is 0 Å². The molecule has 1 aliphatic rings. The van der Waals surface area contributed by atoms with E-state index in [0.29, 0.717) is 16.7 Å². The number of carbonyl (C=O) groups excluding carboxylic acids is 1. The van der Waals surface area contributed by atoms with Crippen LogP contribution in [0.5, 0.6) is 0 Å². The summed E-state index contributed by atoms with van der Waals surface area (Å²) in [5, 5.41) is 8.12. The highest BCUT2D eigenvalue weighted by Crippen LogP contribution is 2.29. The molecule has 17 heavy (non-hydrogen) atoms. The Labute approximate surface area is 102 Å². The summed E-state index contributed by atoms with van der Waals surface area (Å²) in [6.45, 7) is 0.692. The summed E-state index contributed by atoms with van der Waals surface area (Å²) in [6, 6.07) is 7.90. The molecule has 0 unspecified atom stereocenters. The first-order valence-electron chi connectivity index (χ1n) is 5.24. The summed E-state index contributed by atoms with van der Waals surface area (Å²) in [7, 11) is 0. The van der Waals surface area contributed by atoms with Gasteiger partial charge < -0.3 is 10.6 Å². The lowest BCUT2D eigenvalue weighted by atomic mass is 10.2. The van der Waals surface area contributed by atoms with E-state index in [4.69, 9.17) is 5.73 Å². The topological polar surface area (TPSA) is 72.1 Å². The van der Waals surface area contributed by atoms with Gasteiger partial charge in [0.25, 0.3) is 5.91 Å². The summed E-state index contributed by atoms with van der Waals surface area (Å²) in [4.78, 5) is 13.9. The molecule has 0 fully saturated rings. The monoisotopic (exact) mass is 246 g/mol. The van der Waals surface area contributed by atoms with Crippen LogP contribution in [0.2, 0.25) is 0 Å². The van der Waals surface area contributed by atoms with Crippen molar-refractivity contribution in [2.45, 2.75) is 6.42 Å². The fourth-order valence-corrected chi connectivity index (χ4v) is 2.54. The highest BCUT2D eigenvalue weighted by molar-refractivity contribution is 7.17. The minimum absolute atomic E-state index is 0.121. The maximum Gasteiger partial charge on any atom is 0.289 e. The molecular formula is C11H10N4OS. The molecule has 1 aromatic heterocycles. The predicted molar refractivity (Wildman–Crippen MR) is 66.1 cm³/mol. The van der Waals surface area contributed by atoms with Crippen LogP contribution in [0.3, 0.4) is 0 Å². The van der Waals surface area contributed by atoms with Crippen LogP contribution < -0.4 is 10.6 Å². The Morgan fingerprint density at radius 2 is 2.18 bits per heavy atom. The Morgan fingerprint density at radius 3 is 2.94 bits per heavy atom. The number of amides is 1. The Hall–Kier alpha value is -1.95. The van der Waals surface area contributed by atoms with Crippen molar-refractivity contribution in [2.75, 3.05) is 17.2 Å². The molecule has 0 saturated heterocycles. The zero-order valence-corrected chi connectivity index (χ0v) is 9.78. The van der Waals surface area contributed by atoms with Crippen LogP contribution in [0.1, 0.15) is 15.4 Å². The highest BCUT2D eigenvalue weighted by atomic mass is 32.1. The Morgan fingerprint density at radius 1 is 1.35 bits per heavy atom. The molecule has 5 nitrogen and oxygen atoms in total. The average Bonchev–Trinajstić information content (AvgIpc) is 2.94. The first-order valence-corrected chi connectivity index (χ1v) is 6.06. The minimum Gasteiger partial charge on any atom is -0.374 e. The molecular weight excluding hydrogens is 236 g/mol. The van der Waals surface area contributed by atoms with E-state index in [1.807, 2.05) is 24.3 Å². The van der Waals surface area contributed by atoms with E-state index in [1.54, 1.807) is 4.90 Å². The largest absolute Gasteiger partial charge is 0.374 e. The Kier molecular flexibility index (Phi) is 2.29. The number of para-hydroxylation sites is 1. The first-order chi connectivity index (χ1) is 8.25. The van der Waals surface area contributed by atoms with Crippen LogP contribution >= 0.6 is 11.3 Å². The number of hydrogen-bond acceptors (Lipinski definition) is 5. The third kappa shape index (κ3) is 1.66. The summed E-state index contributed by atoms with van der Waals surface area (Å²) in [5.41, 5.74) is 7.64. The van der Waals surface area contributed by atoms with Crippen molar-refractivity contribution in [1.82, 2.24) is 10.2 Å². The van der Waals surface area contributed by atoms with Gasteiger partial charge in [0, 0.05) is 12.2 Å². The van der Waals surface area contributed by atoms with Crippen molar-refractivity contribution >= 4 is 28.1 Å². The van der Waals surface area contributed by atoms with Crippen LogP contribution in [-0.2, 0) is 6.42 Å². The lowest BCUT2D eigenvalue weighted by Crippen LogP contribution is -2.28. The second kappa shape index (κ2) is 3.81. The highest BCUT2D eigenvalue weighted by Gasteiger charge is 2.27. The van der Waals surface area contributed by atoms with Crippen LogP contribution in [-0.4, -0.2) is 22.6 Å². The molecule has 0 spiro atoms. The summed E-state index contributed by atoms with van der Waals surface area (Å²) in [5.74, 6) is -0.121. The van der Waals surface area contributed by atoms with Gasteiger partial charge in [0.2, 0.25) is 10.1 Å². The van der Waals surface area contributed by atoms with Gasteiger partial charge in [-0.3, -0.25) is 4.79 Å². The molecule has 0 radical (unpaired) electrons. The van der Waals surface area contributed by atoms with Crippen molar-refractivity contribution in [3.63, 3.8) is 0 Å². The maximum absolute atomic E-state index is 12.2. The number of anilines is 2. The zero-order chi connectivity index (χ0) is 11.8. The molecule has 1 aromatic carbocycles. The number of benzene rings is 1. The molecule has 86 valence electrons. The molecule has 2 heterocycles.